The fourth-order valence-corrected chi connectivity index (χ4v) is 6.04. The van der Waals surface area contributed by atoms with E-state index in [2.05, 4.69) is 46.9 Å². The molecule has 46 heavy (non-hydrogen) atoms. The number of allylic oxidation sites excluding steroid dienone is 1. The van der Waals surface area contributed by atoms with Gasteiger partial charge in [0.2, 0.25) is 11.8 Å². The lowest BCUT2D eigenvalue weighted by Crippen LogP contribution is -2.48. The summed E-state index contributed by atoms with van der Waals surface area (Å²) in [5.41, 5.74) is 1.79. The molecule has 0 aliphatic carbocycles. The molecule has 1 heterocycles. The first kappa shape index (κ1) is 41.7. The zero-order valence-electron chi connectivity index (χ0n) is 29.8. The van der Waals surface area contributed by atoms with Crippen molar-refractivity contribution in [2.75, 3.05) is 34.4 Å². The summed E-state index contributed by atoms with van der Waals surface area (Å²) in [5, 5.41) is -0.0619. The maximum atomic E-state index is 13.2. The summed E-state index contributed by atoms with van der Waals surface area (Å²) in [6.07, 6.45) is 13.9. The van der Waals surface area contributed by atoms with Crippen molar-refractivity contribution in [2.45, 2.75) is 129 Å². The van der Waals surface area contributed by atoms with Crippen LogP contribution in [0.2, 0.25) is 18.1 Å². The van der Waals surface area contributed by atoms with Crippen LogP contribution in [0.25, 0.3) is 0 Å². The van der Waals surface area contributed by atoms with Gasteiger partial charge in [0, 0.05) is 45.2 Å². The molecular weight excluding hydrogens is 624 g/mol. The third kappa shape index (κ3) is 14.2. The molecule has 11 heteroatoms. The molecule has 1 aliphatic rings. The molecule has 2 atom stereocenters. The average Bonchev–Trinajstić information content (AvgIpc) is 3.32. The van der Waals surface area contributed by atoms with Gasteiger partial charge in [-0.25, -0.2) is 0 Å². The molecule has 0 unspecified atom stereocenters. The van der Waals surface area contributed by atoms with Gasteiger partial charge in [-0.3, -0.25) is 24.1 Å². The lowest BCUT2D eigenvalue weighted by Gasteiger charge is -2.38. The minimum Gasteiger partial charge on any atom is -0.499 e. The van der Waals surface area contributed by atoms with Crippen molar-refractivity contribution in [2.24, 2.45) is 0 Å². The van der Waals surface area contributed by atoms with Crippen LogP contribution in [0.5, 0.6) is 0 Å². The summed E-state index contributed by atoms with van der Waals surface area (Å²) in [4.78, 5) is 54.2. The number of carbonyl (C=O) groups is 4. The Kier molecular flexibility index (Phi) is 18.9. The number of imide groups is 1. The number of nitrogens with zero attached hydrogens (tertiary/aromatic N) is 2. The number of amides is 3. The number of Topliss-reactive ketones (excluding diaryl/α,β-unsaturated/α-hetero) is 1. The summed E-state index contributed by atoms with van der Waals surface area (Å²) < 4.78 is 17.3. The molecule has 262 valence electrons. The third-order valence-corrected chi connectivity index (χ3v) is 13.7. The van der Waals surface area contributed by atoms with Gasteiger partial charge >= 0.3 is 0 Å². The Balaban J connectivity index is 2.60. The largest absolute Gasteiger partial charge is 0.499 e. The third-order valence-electron chi connectivity index (χ3n) is 8.90. The van der Waals surface area contributed by atoms with E-state index in [1.807, 2.05) is 6.08 Å². The molecule has 0 radical (unpaired) electrons. The number of halogens is 1. The monoisotopic (exact) mass is 682 g/mol. The maximum Gasteiger partial charge on any atom is 0.257 e. The molecule has 0 saturated heterocycles. The summed E-state index contributed by atoms with van der Waals surface area (Å²) in [6, 6.07) is -0.733. The summed E-state index contributed by atoms with van der Waals surface area (Å²) in [6.45, 7) is 13.0. The molecule has 0 spiro atoms. The highest BCUT2D eigenvalue weighted by molar-refractivity contribution is 6.74. The predicted octanol–water partition coefficient (Wildman–Crippen LogP) is 7.31. The van der Waals surface area contributed by atoms with Gasteiger partial charge in [-0.2, -0.15) is 0 Å². The second-order valence-electron chi connectivity index (χ2n) is 13.7. The summed E-state index contributed by atoms with van der Waals surface area (Å²) in [7, 11) is 2.67. The molecule has 0 aromatic rings. The minimum atomic E-state index is -2.17. The highest BCUT2D eigenvalue weighted by Crippen LogP contribution is 2.37. The van der Waals surface area contributed by atoms with Gasteiger partial charge in [0.15, 0.2) is 8.32 Å². The number of unbranched alkanes of at least 4 members (excludes halogenated alkanes) is 4. The molecule has 1 aliphatic heterocycles. The number of carbonyl (C=O) groups excluding carboxylic acids is 4. The highest BCUT2D eigenvalue weighted by atomic mass is 35.5. The van der Waals surface area contributed by atoms with Gasteiger partial charge in [-0.1, -0.05) is 83.6 Å². The van der Waals surface area contributed by atoms with Crippen molar-refractivity contribution in [3.8, 4) is 0 Å². The molecule has 0 bridgehead atoms. The lowest BCUT2D eigenvalue weighted by atomic mass is 10.1. The Morgan fingerprint density at radius 2 is 1.76 bits per heavy atom. The standard InChI is InChI=1S/C35H59ClN2O7Si/c1-10-11-12-13-15-18-29(43-6)19-16-14-17-20-32(40)37(5)25-27(24-36)21-28(39)22-33(41)38-30(31(44-7)23-34(38)42)26-45-46(8,9)35(2,3)4/h14,16,23-24,29-30H,10-13,15,17-22,25-26H2,1-9H3/b16-14+,27-24-/t29-,30-/m0/s1. The number of ether oxygens (including phenoxy) is 2. The quantitative estimate of drug-likeness (QED) is 0.0511. The van der Waals surface area contributed by atoms with Crippen LogP contribution >= 0.6 is 11.6 Å². The highest BCUT2D eigenvalue weighted by Gasteiger charge is 2.43. The fourth-order valence-electron chi connectivity index (χ4n) is 4.88. The van der Waals surface area contributed by atoms with E-state index in [1.54, 1.807) is 14.2 Å². The SMILES string of the molecule is CCCCCCC[C@@H](C/C=C/CCC(=O)N(C)C/C(=C\Cl)CC(=O)CC(=O)N1C(=O)C=C(OC)[C@@H]1CO[Si](C)(C)C(C)(C)C)OC. The topological polar surface area (TPSA) is 102 Å². The Morgan fingerprint density at radius 3 is 2.35 bits per heavy atom. The normalized spacial score (nSPS) is 16.6. The number of hydrogen-bond donors (Lipinski definition) is 0. The van der Waals surface area contributed by atoms with Gasteiger partial charge in [-0.05, 0) is 43.0 Å². The molecule has 0 fully saturated rings. The van der Waals surface area contributed by atoms with Gasteiger partial charge < -0.3 is 18.8 Å². The maximum absolute atomic E-state index is 13.2. The second kappa shape index (κ2) is 20.9. The van der Waals surface area contributed by atoms with Crippen LogP contribution in [0.3, 0.4) is 0 Å². The lowest BCUT2D eigenvalue weighted by molar-refractivity contribution is -0.145. The van der Waals surface area contributed by atoms with E-state index in [4.69, 9.17) is 25.5 Å². The van der Waals surface area contributed by atoms with Crippen LogP contribution in [0, 0.1) is 0 Å². The van der Waals surface area contributed by atoms with Crippen LogP contribution in [-0.2, 0) is 33.1 Å². The number of methoxy groups -OCH3 is 2. The van der Waals surface area contributed by atoms with E-state index < -0.39 is 38.4 Å². The zero-order valence-corrected chi connectivity index (χ0v) is 31.5. The van der Waals surface area contributed by atoms with Gasteiger partial charge in [0.1, 0.15) is 17.6 Å². The number of hydrogen-bond acceptors (Lipinski definition) is 7. The van der Waals surface area contributed by atoms with E-state index in [9.17, 15) is 19.2 Å². The molecule has 1 rings (SSSR count). The molecule has 0 aromatic carbocycles. The Hall–Kier alpha value is -2.27. The molecule has 0 saturated carbocycles. The van der Waals surface area contributed by atoms with Crippen molar-refractivity contribution >= 4 is 43.4 Å². The van der Waals surface area contributed by atoms with Crippen molar-refractivity contribution in [1.29, 1.82) is 0 Å². The first-order valence-corrected chi connectivity index (χ1v) is 19.9. The number of rotatable bonds is 22. The molecule has 3 amide bonds. The van der Waals surface area contributed by atoms with Crippen LogP contribution in [0.4, 0.5) is 0 Å². The first-order chi connectivity index (χ1) is 21.6. The minimum absolute atomic E-state index is 0.0619. The first-order valence-electron chi connectivity index (χ1n) is 16.6. The Bertz CT molecular complexity index is 1100. The van der Waals surface area contributed by atoms with Crippen LogP contribution < -0.4 is 0 Å². The molecule has 0 N–H and O–H groups in total. The van der Waals surface area contributed by atoms with Crippen molar-refractivity contribution < 1.29 is 33.1 Å². The van der Waals surface area contributed by atoms with Gasteiger partial charge in [0.05, 0.1) is 26.2 Å². The summed E-state index contributed by atoms with van der Waals surface area (Å²) in [5.74, 6) is -1.31. The fraction of sp³-hybridized carbons (Fsp3) is 0.714. The predicted molar refractivity (Wildman–Crippen MR) is 187 cm³/mol. The number of ketones is 1. The van der Waals surface area contributed by atoms with Gasteiger partial charge in [0.25, 0.3) is 5.91 Å². The zero-order chi connectivity index (χ0) is 34.9. The molecule has 9 nitrogen and oxygen atoms in total. The van der Waals surface area contributed by atoms with Crippen molar-refractivity contribution in [3.05, 3.63) is 35.1 Å². The summed E-state index contributed by atoms with van der Waals surface area (Å²) >= 11 is 6.02. The Labute approximate surface area is 283 Å². The average molecular weight is 683 g/mol. The molecular formula is C35H59ClN2O7Si. The second-order valence-corrected chi connectivity index (χ2v) is 18.7. The van der Waals surface area contributed by atoms with E-state index in [0.717, 1.165) is 24.2 Å². The number of likely N-dealkylation sites (N-methyl/N-ethyl adjacent to an activating group) is 1. The van der Waals surface area contributed by atoms with Crippen LogP contribution in [-0.4, -0.2) is 88.2 Å². The van der Waals surface area contributed by atoms with E-state index in [0.29, 0.717) is 24.2 Å². The van der Waals surface area contributed by atoms with E-state index >= 15 is 0 Å². The van der Waals surface area contributed by atoms with Crippen LogP contribution in [0.1, 0.15) is 98.3 Å². The van der Waals surface area contributed by atoms with Crippen LogP contribution in [0.15, 0.2) is 35.1 Å². The van der Waals surface area contributed by atoms with Gasteiger partial charge in [-0.15, -0.1) is 0 Å². The van der Waals surface area contributed by atoms with Crippen molar-refractivity contribution in [1.82, 2.24) is 9.80 Å². The smallest absolute Gasteiger partial charge is 0.257 e. The van der Waals surface area contributed by atoms with E-state index in [1.165, 1.54) is 49.3 Å². The Morgan fingerprint density at radius 1 is 1.09 bits per heavy atom. The molecule has 0 aromatic heterocycles. The van der Waals surface area contributed by atoms with Crippen molar-refractivity contribution in [3.63, 3.8) is 0 Å². The van der Waals surface area contributed by atoms with E-state index in [-0.39, 0.29) is 36.6 Å².